The van der Waals surface area contributed by atoms with Crippen molar-refractivity contribution in [2.24, 2.45) is 11.1 Å². The van der Waals surface area contributed by atoms with E-state index >= 15 is 0 Å². The largest absolute Gasteiger partial charge is 0.353 e. The van der Waals surface area contributed by atoms with E-state index in [0.717, 1.165) is 19.3 Å². The third-order valence-electron chi connectivity index (χ3n) is 3.12. The van der Waals surface area contributed by atoms with Crippen LogP contribution in [0.3, 0.4) is 0 Å². The number of hydrogen-bond acceptors (Lipinski definition) is 2. The number of amides is 1. The highest BCUT2D eigenvalue weighted by Crippen LogP contribution is 2.25. The number of hydrogen-bond donors (Lipinski definition) is 2. The minimum atomic E-state index is -0.393. The predicted molar refractivity (Wildman–Crippen MR) is 64.5 cm³/mol. The Morgan fingerprint density at radius 1 is 1.53 bits per heavy atom. The third kappa shape index (κ3) is 3.67. The fraction of sp³-hybridized carbons (Fsp3) is 0.750. The van der Waals surface area contributed by atoms with Gasteiger partial charge in [-0.1, -0.05) is 19.9 Å². The first-order chi connectivity index (χ1) is 7.06. The smallest absolute Gasteiger partial charge is 0.227 e. The van der Waals surface area contributed by atoms with Gasteiger partial charge in [0.15, 0.2) is 0 Å². The molecule has 1 unspecified atom stereocenters. The Hall–Kier alpha value is -0.830. The molecule has 15 heavy (non-hydrogen) atoms. The van der Waals surface area contributed by atoms with Gasteiger partial charge in [-0.05, 0) is 26.2 Å². The third-order valence-corrected chi connectivity index (χ3v) is 3.12. The number of carbonyl (C=O) groups is 1. The van der Waals surface area contributed by atoms with Crippen molar-refractivity contribution in [2.75, 3.05) is 6.54 Å². The molecule has 3 N–H and O–H groups in total. The standard InChI is InChI=1S/C12H24N2O/c1-5-8-10(4)14-11(15)12(6-2,7-3)9-13/h5,10H,1,6-9,13H2,2-4H3,(H,14,15). The summed E-state index contributed by atoms with van der Waals surface area (Å²) in [6.07, 6.45) is 4.17. The van der Waals surface area contributed by atoms with Gasteiger partial charge in [0.1, 0.15) is 0 Å². The average Bonchev–Trinajstić information content (AvgIpc) is 2.21. The molecule has 0 aliphatic heterocycles. The maximum atomic E-state index is 12.0. The quantitative estimate of drug-likeness (QED) is 0.633. The number of nitrogens with two attached hydrogens (primary N) is 1. The Morgan fingerprint density at radius 3 is 2.40 bits per heavy atom. The van der Waals surface area contributed by atoms with E-state index in [1.54, 1.807) is 0 Å². The molecule has 1 atom stereocenters. The Kier molecular flexibility index (Phi) is 6.25. The normalized spacial score (nSPS) is 13.3. The van der Waals surface area contributed by atoms with Crippen LogP contribution in [0.25, 0.3) is 0 Å². The van der Waals surface area contributed by atoms with Crippen LogP contribution in [-0.4, -0.2) is 18.5 Å². The van der Waals surface area contributed by atoms with Crippen molar-refractivity contribution >= 4 is 5.91 Å². The molecule has 0 aromatic rings. The molecule has 0 saturated carbocycles. The summed E-state index contributed by atoms with van der Waals surface area (Å²) < 4.78 is 0. The van der Waals surface area contributed by atoms with E-state index in [4.69, 9.17) is 5.73 Å². The molecule has 0 heterocycles. The summed E-state index contributed by atoms with van der Waals surface area (Å²) in [6, 6.07) is 0.138. The lowest BCUT2D eigenvalue weighted by molar-refractivity contribution is -0.131. The molecule has 0 spiro atoms. The SMILES string of the molecule is C=CCC(C)NC(=O)C(CC)(CC)CN. The number of carbonyl (C=O) groups excluding carboxylic acids is 1. The lowest BCUT2D eigenvalue weighted by Gasteiger charge is -2.30. The highest BCUT2D eigenvalue weighted by atomic mass is 16.2. The molecule has 0 aromatic heterocycles. The van der Waals surface area contributed by atoms with E-state index in [2.05, 4.69) is 11.9 Å². The van der Waals surface area contributed by atoms with Crippen LogP contribution in [0.2, 0.25) is 0 Å². The van der Waals surface area contributed by atoms with Crippen LogP contribution >= 0.6 is 0 Å². The first-order valence-electron chi connectivity index (χ1n) is 5.68. The zero-order valence-electron chi connectivity index (χ0n) is 10.2. The summed E-state index contributed by atoms with van der Waals surface area (Å²) in [7, 11) is 0. The van der Waals surface area contributed by atoms with Crippen LogP contribution in [-0.2, 0) is 4.79 Å². The molecule has 0 aromatic carbocycles. The molecule has 3 nitrogen and oxygen atoms in total. The summed E-state index contributed by atoms with van der Waals surface area (Å²) in [6.45, 7) is 10.1. The first-order valence-corrected chi connectivity index (χ1v) is 5.68. The van der Waals surface area contributed by atoms with E-state index in [1.807, 2.05) is 26.8 Å². The molecular formula is C12H24N2O. The van der Waals surface area contributed by atoms with Gasteiger partial charge in [-0.25, -0.2) is 0 Å². The second-order valence-electron chi connectivity index (χ2n) is 4.09. The van der Waals surface area contributed by atoms with E-state index in [1.165, 1.54) is 0 Å². The second kappa shape index (κ2) is 6.62. The average molecular weight is 212 g/mol. The molecule has 0 radical (unpaired) electrons. The van der Waals surface area contributed by atoms with Gasteiger partial charge in [0.2, 0.25) is 5.91 Å². The summed E-state index contributed by atoms with van der Waals surface area (Å²) in [4.78, 5) is 12.0. The Morgan fingerprint density at radius 2 is 2.07 bits per heavy atom. The molecule has 0 aliphatic rings. The topological polar surface area (TPSA) is 55.1 Å². The van der Waals surface area contributed by atoms with Crippen molar-refractivity contribution in [3.63, 3.8) is 0 Å². The van der Waals surface area contributed by atoms with Crippen molar-refractivity contribution in [2.45, 2.75) is 46.1 Å². The second-order valence-corrected chi connectivity index (χ2v) is 4.09. The monoisotopic (exact) mass is 212 g/mol. The Labute approximate surface area is 93.1 Å². The Bertz CT molecular complexity index is 201. The molecule has 1 amide bonds. The van der Waals surface area contributed by atoms with Gasteiger partial charge in [-0.15, -0.1) is 6.58 Å². The molecule has 0 bridgehead atoms. The van der Waals surface area contributed by atoms with Crippen LogP contribution in [0.5, 0.6) is 0 Å². The molecule has 0 rings (SSSR count). The first kappa shape index (κ1) is 14.2. The van der Waals surface area contributed by atoms with Gasteiger partial charge < -0.3 is 11.1 Å². The van der Waals surface area contributed by atoms with E-state index in [9.17, 15) is 4.79 Å². The summed E-state index contributed by atoms with van der Waals surface area (Å²) in [5, 5.41) is 2.98. The van der Waals surface area contributed by atoms with E-state index in [0.29, 0.717) is 6.54 Å². The molecule has 0 fully saturated rings. The number of rotatable bonds is 7. The maximum Gasteiger partial charge on any atom is 0.227 e. The lowest BCUT2D eigenvalue weighted by atomic mass is 9.81. The van der Waals surface area contributed by atoms with E-state index < -0.39 is 5.41 Å². The van der Waals surface area contributed by atoms with E-state index in [-0.39, 0.29) is 11.9 Å². The van der Waals surface area contributed by atoms with Crippen molar-refractivity contribution in [3.8, 4) is 0 Å². The fourth-order valence-corrected chi connectivity index (χ4v) is 1.64. The summed E-state index contributed by atoms with van der Waals surface area (Å²) in [5.41, 5.74) is 5.30. The molecule has 0 aliphatic carbocycles. The minimum absolute atomic E-state index is 0.0735. The van der Waals surface area contributed by atoms with Gasteiger partial charge in [0.25, 0.3) is 0 Å². The van der Waals surface area contributed by atoms with Crippen molar-refractivity contribution in [1.82, 2.24) is 5.32 Å². The zero-order chi connectivity index (χ0) is 11.9. The maximum absolute atomic E-state index is 12.0. The van der Waals surface area contributed by atoms with Crippen molar-refractivity contribution < 1.29 is 4.79 Å². The Balaban J connectivity index is 4.44. The molecule has 3 heteroatoms. The molecular weight excluding hydrogens is 188 g/mol. The van der Waals surface area contributed by atoms with Crippen molar-refractivity contribution in [3.05, 3.63) is 12.7 Å². The highest BCUT2D eigenvalue weighted by molar-refractivity contribution is 5.83. The van der Waals surface area contributed by atoms with Gasteiger partial charge in [-0.3, -0.25) is 4.79 Å². The molecule has 88 valence electrons. The fourth-order valence-electron chi connectivity index (χ4n) is 1.64. The minimum Gasteiger partial charge on any atom is -0.353 e. The molecule has 0 saturated heterocycles. The van der Waals surface area contributed by atoms with Crippen LogP contribution in [0.4, 0.5) is 0 Å². The van der Waals surface area contributed by atoms with Crippen LogP contribution < -0.4 is 11.1 Å². The highest BCUT2D eigenvalue weighted by Gasteiger charge is 2.33. The zero-order valence-corrected chi connectivity index (χ0v) is 10.2. The van der Waals surface area contributed by atoms with Crippen LogP contribution in [0.1, 0.15) is 40.0 Å². The van der Waals surface area contributed by atoms with Gasteiger partial charge in [0.05, 0.1) is 5.41 Å². The van der Waals surface area contributed by atoms with Gasteiger partial charge in [0, 0.05) is 12.6 Å². The lowest BCUT2D eigenvalue weighted by Crippen LogP contribution is -2.48. The van der Waals surface area contributed by atoms with Crippen LogP contribution in [0.15, 0.2) is 12.7 Å². The predicted octanol–water partition coefficient (Wildman–Crippen LogP) is 1.83. The van der Waals surface area contributed by atoms with Crippen LogP contribution in [0, 0.1) is 5.41 Å². The summed E-state index contributed by atoms with van der Waals surface area (Å²) >= 11 is 0. The van der Waals surface area contributed by atoms with Crippen molar-refractivity contribution in [1.29, 1.82) is 0 Å². The van der Waals surface area contributed by atoms with Gasteiger partial charge in [-0.2, -0.15) is 0 Å². The summed E-state index contributed by atoms with van der Waals surface area (Å²) in [5.74, 6) is 0.0735. The van der Waals surface area contributed by atoms with Gasteiger partial charge >= 0.3 is 0 Å². The number of nitrogens with one attached hydrogen (secondary N) is 1.